The Morgan fingerprint density at radius 3 is 2.38 bits per heavy atom. The summed E-state index contributed by atoms with van der Waals surface area (Å²) in [5, 5.41) is 8.89. The number of hydrogen-bond donors (Lipinski definition) is 1. The van der Waals surface area contributed by atoms with Gasteiger partial charge >= 0.3 is 12.1 Å². The highest BCUT2D eigenvalue weighted by molar-refractivity contribution is 7.97. The molecule has 1 saturated heterocycles. The molecule has 11 heteroatoms. The fourth-order valence-corrected chi connectivity index (χ4v) is 4.36. The SMILES string of the molecule is C=C/C(=C\N=C(C)N1CC(C)N(Sc2ccc(F)c(CC(=O)O)c2F)C(C)C1)C(F)(F)F. The van der Waals surface area contributed by atoms with Gasteiger partial charge in [-0.2, -0.15) is 13.2 Å². The van der Waals surface area contributed by atoms with Crippen LogP contribution < -0.4 is 0 Å². The van der Waals surface area contributed by atoms with E-state index in [1.54, 1.807) is 6.92 Å². The molecule has 0 spiro atoms. The van der Waals surface area contributed by atoms with Crippen LogP contribution in [0.4, 0.5) is 22.0 Å². The summed E-state index contributed by atoms with van der Waals surface area (Å²) >= 11 is 1.05. The lowest BCUT2D eigenvalue weighted by molar-refractivity contribution is -0.136. The molecule has 176 valence electrons. The summed E-state index contributed by atoms with van der Waals surface area (Å²) in [6.07, 6.45) is -3.87. The molecule has 1 aliphatic rings. The fourth-order valence-electron chi connectivity index (χ4n) is 3.31. The Hall–Kier alpha value is -2.40. The van der Waals surface area contributed by atoms with Crippen LogP contribution in [0.3, 0.4) is 0 Å². The van der Waals surface area contributed by atoms with Crippen LogP contribution in [-0.4, -0.2) is 57.5 Å². The van der Waals surface area contributed by atoms with Gasteiger partial charge in [0.05, 0.1) is 16.9 Å². The third-order valence-electron chi connectivity index (χ3n) is 4.92. The average Bonchev–Trinajstić information content (AvgIpc) is 2.68. The first-order valence-corrected chi connectivity index (χ1v) is 10.5. The van der Waals surface area contributed by atoms with Crippen molar-refractivity contribution in [1.82, 2.24) is 9.21 Å². The standard InChI is InChI=1S/C21H24F5N3O2S/c1-5-15(21(24,25)26)9-27-14(4)28-10-12(2)29(13(3)11-28)32-18-7-6-17(22)16(20(18)23)8-19(30)31/h5-7,9,12-13H,1,8,10-11H2,2-4H3,(H,30,31)/b15-9+,27-14?. The fraction of sp³-hybridized carbons (Fsp3) is 0.429. The van der Waals surface area contributed by atoms with E-state index in [1.807, 2.05) is 23.1 Å². The van der Waals surface area contributed by atoms with Crippen LogP contribution in [0, 0.1) is 11.6 Å². The van der Waals surface area contributed by atoms with Gasteiger partial charge in [-0.25, -0.2) is 18.1 Å². The number of rotatable bonds is 6. The van der Waals surface area contributed by atoms with Crippen molar-refractivity contribution in [3.63, 3.8) is 0 Å². The van der Waals surface area contributed by atoms with Crippen molar-refractivity contribution in [3.05, 3.63) is 53.8 Å². The molecular formula is C21H24F5N3O2S. The van der Waals surface area contributed by atoms with Gasteiger partial charge in [-0.15, -0.1) is 0 Å². The smallest absolute Gasteiger partial charge is 0.417 e. The molecule has 1 N–H and O–H groups in total. The predicted molar refractivity (Wildman–Crippen MR) is 113 cm³/mol. The first kappa shape index (κ1) is 25.9. The van der Waals surface area contributed by atoms with Crippen molar-refractivity contribution in [3.8, 4) is 0 Å². The van der Waals surface area contributed by atoms with Crippen LogP contribution in [0.5, 0.6) is 0 Å². The number of allylic oxidation sites excluding steroid dienone is 2. The minimum Gasteiger partial charge on any atom is -0.481 e. The van der Waals surface area contributed by atoms with Gasteiger partial charge in [0, 0.05) is 36.9 Å². The largest absolute Gasteiger partial charge is 0.481 e. The van der Waals surface area contributed by atoms with Crippen LogP contribution in [-0.2, 0) is 11.2 Å². The molecule has 0 radical (unpaired) electrons. The normalized spacial score (nSPS) is 21.1. The van der Waals surface area contributed by atoms with E-state index in [9.17, 15) is 26.7 Å². The number of aliphatic imine (C=N–C) groups is 1. The molecule has 32 heavy (non-hydrogen) atoms. The van der Waals surface area contributed by atoms with Gasteiger partial charge in [-0.1, -0.05) is 12.7 Å². The van der Waals surface area contributed by atoms with Gasteiger partial charge in [-0.3, -0.25) is 4.79 Å². The number of benzene rings is 1. The summed E-state index contributed by atoms with van der Waals surface area (Å²) in [7, 11) is 0. The van der Waals surface area contributed by atoms with Crippen molar-refractivity contribution in [2.75, 3.05) is 13.1 Å². The first-order chi connectivity index (χ1) is 14.8. The second-order valence-electron chi connectivity index (χ2n) is 7.43. The minimum atomic E-state index is -4.54. The van der Waals surface area contributed by atoms with Gasteiger partial charge < -0.3 is 10.0 Å². The number of aliphatic carboxylic acids is 1. The Balaban J connectivity index is 2.17. The predicted octanol–water partition coefficient (Wildman–Crippen LogP) is 5.04. The summed E-state index contributed by atoms with van der Waals surface area (Å²) in [5.74, 6) is -2.77. The van der Waals surface area contributed by atoms with E-state index in [1.165, 1.54) is 6.07 Å². The number of amidine groups is 1. The van der Waals surface area contributed by atoms with Crippen molar-refractivity contribution in [2.24, 2.45) is 4.99 Å². The Morgan fingerprint density at radius 2 is 1.88 bits per heavy atom. The van der Waals surface area contributed by atoms with Gasteiger partial charge in [0.1, 0.15) is 17.5 Å². The van der Waals surface area contributed by atoms with Crippen molar-refractivity contribution < 1.29 is 31.9 Å². The van der Waals surface area contributed by atoms with Crippen molar-refractivity contribution in [1.29, 1.82) is 0 Å². The number of halogens is 5. The van der Waals surface area contributed by atoms with E-state index >= 15 is 0 Å². The Bertz CT molecular complexity index is 921. The number of alkyl halides is 3. The molecule has 2 rings (SSSR count). The molecule has 1 fully saturated rings. The van der Waals surface area contributed by atoms with E-state index in [2.05, 4.69) is 11.6 Å². The molecule has 5 nitrogen and oxygen atoms in total. The topological polar surface area (TPSA) is 56.1 Å². The summed E-state index contributed by atoms with van der Waals surface area (Å²) in [4.78, 5) is 16.8. The quantitative estimate of drug-likeness (QED) is 0.205. The Kier molecular flexibility index (Phi) is 8.47. The molecule has 2 atom stereocenters. The van der Waals surface area contributed by atoms with Crippen LogP contribution in [0.25, 0.3) is 0 Å². The molecule has 0 aromatic heterocycles. The molecule has 0 saturated carbocycles. The summed E-state index contributed by atoms with van der Waals surface area (Å²) < 4.78 is 69.0. The number of carboxylic acids is 1. The molecular weight excluding hydrogens is 453 g/mol. The summed E-state index contributed by atoms with van der Waals surface area (Å²) in [6, 6.07) is 1.98. The number of carboxylic acid groups (broad SMARTS) is 1. The first-order valence-electron chi connectivity index (χ1n) is 9.69. The second-order valence-corrected chi connectivity index (χ2v) is 8.47. The van der Waals surface area contributed by atoms with E-state index in [0.717, 1.165) is 24.2 Å². The number of nitrogens with zero attached hydrogens (tertiary/aromatic N) is 3. The maximum Gasteiger partial charge on any atom is 0.417 e. The molecule has 0 amide bonds. The Labute approximate surface area is 187 Å². The van der Waals surface area contributed by atoms with E-state index in [0.29, 0.717) is 25.0 Å². The highest BCUT2D eigenvalue weighted by Crippen LogP contribution is 2.34. The Morgan fingerprint density at radius 1 is 1.28 bits per heavy atom. The molecule has 0 bridgehead atoms. The average molecular weight is 477 g/mol. The zero-order chi connectivity index (χ0) is 24.2. The van der Waals surface area contributed by atoms with Crippen LogP contribution in [0.1, 0.15) is 26.3 Å². The second kappa shape index (κ2) is 10.5. The van der Waals surface area contributed by atoms with Gasteiger partial charge in [0.25, 0.3) is 0 Å². The lowest BCUT2D eigenvalue weighted by atomic mass is 10.1. The van der Waals surface area contributed by atoms with E-state index in [4.69, 9.17) is 5.11 Å². The highest BCUT2D eigenvalue weighted by Gasteiger charge is 2.33. The third kappa shape index (κ3) is 6.32. The van der Waals surface area contributed by atoms with Gasteiger partial charge in [0.2, 0.25) is 0 Å². The van der Waals surface area contributed by atoms with Crippen LogP contribution in [0.2, 0.25) is 0 Å². The summed E-state index contributed by atoms with van der Waals surface area (Å²) in [6.45, 7) is 9.33. The van der Waals surface area contributed by atoms with Crippen LogP contribution >= 0.6 is 11.9 Å². The lowest BCUT2D eigenvalue weighted by Gasteiger charge is -2.44. The minimum absolute atomic E-state index is 0.101. The molecule has 2 unspecified atom stereocenters. The van der Waals surface area contributed by atoms with Crippen LogP contribution in [0.15, 0.2) is 46.4 Å². The molecule has 1 heterocycles. The van der Waals surface area contributed by atoms with Crippen molar-refractivity contribution >= 4 is 23.8 Å². The van der Waals surface area contributed by atoms with E-state index in [-0.39, 0.29) is 17.0 Å². The number of carbonyl (C=O) groups is 1. The van der Waals surface area contributed by atoms with Crippen molar-refractivity contribution in [2.45, 2.75) is 50.3 Å². The third-order valence-corrected chi connectivity index (χ3v) is 6.36. The maximum atomic E-state index is 14.7. The number of piperazine rings is 1. The maximum absolute atomic E-state index is 14.7. The van der Waals surface area contributed by atoms with Gasteiger partial charge in [0.15, 0.2) is 0 Å². The van der Waals surface area contributed by atoms with Gasteiger partial charge in [-0.05, 0) is 44.9 Å². The summed E-state index contributed by atoms with van der Waals surface area (Å²) in [5.41, 5.74) is -1.45. The van der Waals surface area contributed by atoms with E-state index < -0.39 is 41.3 Å². The zero-order valence-electron chi connectivity index (χ0n) is 17.8. The zero-order valence-corrected chi connectivity index (χ0v) is 18.6. The molecule has 1 aliphatic heterocycles. The number of hydrogen-bond acceptors (Lipinski definition) is 4. The monoisotopic (exact) mass is 477 g/mol. The molecule has 1 aromatic rings. The highest BCUT2D eigenvalue weighted by atomic mass is 32.2. The molecule has 1 aromatic carbocycles. The molecule has 0 aliphatic carbocycles. The lowest BCUT2D eigenvalue weighted by Crippen LogP contribution is -2.55.